The molecule has 0 radical (unpaired) electrons. The number of rotatable bonds is 7. The zero-order valence-corrected chi connectivity index (χ0v) is 17.8. The van der Waals surface area contributed by atoms with Crippen molar-refractivity contribution in [2.45, 2.75) is 26.7 Å². The van der Waals surface area contributed by atoms with Gasteiger partial charge in [-0.05, 0) is 44.9 Å². The molecule has 1 aliphatic rings. The molecule has 3 rings (SSSR count). The van der Waals surface area contributed by atoms with Crippen molar-refractivity contribution < 1.29 is 19.1 Å². The van der Waals surface area contributed by atoms with Crippen molar-refractivity contribution >= 4 is 17.5 Å². The number of ether oxygens (including phenoxy) is 2. The highest BCUT2D eigenvalue weighted by Crippen LogP contribution is 2.22. The Morgan fingerprint density at radius 1 is 1.17 bits per heavy atom. The highest BCUT2D eigenvalue weighted by atomic mass is 16.5. The molecule has 2 heterocycles. The van der Waals surface area contributed by atoms with Crippen LogP contribution in [0.25, 0.3) is 0 Å². The van der Waals surface area contributed by atoms with Gasteiger partial charge in [0.1, 0.15) is 6.61 Å². The van der Waals surface area contributed by atoms with Crippen LogP contribution in [0, 0.1) is 19.8 Å². The molecule has 1 N–H and O–H groups in total. The third-order valence-electron chi connectivity index (χ3n) is 5.09. The van der Waals surface area contributed by atoms with Crippen molar-refractivity contribution in [3.8, 4) is 5.88 Å². The van der Waals surface area contributed by atoms with Crippen molar-refractivity contribution in [1.29, 1.82) is 0 Å². The van der Waals surface area contributed by atoms with Crippen LogP contribution < -0.4 is 10.1 Å². The highest BCUT2D eigenvalue weighted by Gasteiger charge is 2.29. The summed E-state index contributed by atoms with van der Waals surface area (Å²) in [4.78, 5) is 31.7. The molecule has 1 fully saturated rings. The zero-order chi connectivity index (χ0) is 21.5. The molecule has 1 aliphatic heterocycles. The van der Waals surface area contributed by atoms with Crippen LogP contribution in [-0.2, 0) is 9.53 Å². The number of hydrogen-bond acceptors (Lipinski definition) is 5. The Morgan fingerprint density at radius 3 is 2.60 bits per heavy atom. The summed E-state index contributed by atoms with van der Waals surface area (Å²) >= 11 is 0. The average Bonchev–Trinajstić information content (AvgIpc) is 2.74. The second-order valence-corrected chi connectivity index (χ2v) is 7.68. The van der Waals surface area contributed by atoms with E-state index in [9.17, 15) is 9.59 Å². The molecule has 1 aromatic heterocycles. The second kappa shape index (κ2) is 10.2. The van der Waals surface area contributed by atoms with Crippen molar-refractivity contribution in [3.63, 3.8) is 0 Å². The van der Waals surface area contributed by atoms with Crippen LogP contribution in [0.3, 0.4) is 0 Å². The maximum atomic E-state index is 12.9. The number of amides is 2. The number of aryl methyl sites for hydroxylation is 2. The molecule has 0 bridgehead atoms. The number of benzene rings is 1. The van der Waals surface area contributed by atoms with E-state index in [0.29, 0.717) is 43.4 Å². The van der Waals surface area contributed by atoms with E-state index in [0.717, 1.165) is 24.0 Å². The first kappa shape index (κ1) is 21.8. The fraction of sp³-hybridized carbons (Fsp3) is 0.435. The molecule has 1 saturated heterocycles. The van der Waals surface area contributed by atoms with Crippen LogP contribution in [0.15, 0.2) is 36.5 Å². The Bertz CT molecular complexity index is 862. The minimum absolute atomic E-state index is 0.0153. The van der Waals surface area contributed by atoms with E-state index in [-0.39, 0.29) is 17.7 Å². The third kappa shape index (κ3) is 5.79. The Kier molecular flexibility index (Phi) is 7.41. The molecular weight excluding hydrogens is 382 g/mol. The van der Waals surface area contributed by atoms with E-state index in [1.165, 1.54) is 0 Å². The van der Waals surface area contributed by atoms with Crippen molar-refractivity contribution in [3.05, 3.63) is 53.2 Å². The predicted octanol–water partition coefficient (Wildman–Crippen LogP) is 3.21. The van der Waals surface area contributed by atoms with E-state index in [2.05, 4.69) is 10.3 Å². The van der Waals surface area contributed by atoms with Gasteiger partial charge in [-0.1, -0.05) is 17.2 Å². The zero-order valence-electron chi connectivity index (χ0n) is 17.8. The molecule has 0 spiro atoms. The molecule has 1 aromatic carbocycles. The largest absolute Gasteiger partial charge is 0.475 e. The van der Waals surface area contributed by atoms with E-state index in [4.69, 9.17) is 9.47 Å². The first-order valence-electron chi connectivity index (χ1n) is 10.2. The van der Waals surface area contributed by atoms with Gasteiger partial charge in [0.2, 0.25) is 11.8 Å². The van der Waals surface area contributed by atoms with Gasteiger partial charge in [-0.25, -0.2) is 4.98 Å². The van der Waals surface area contributed by atoms with Crippen LogP contribution >= 0.6 is 0 Å². The fourth-order valence-corrected chi connectivity index (χ4v) is 3.67. The molecule has 0 unspecified atom stereocenters. The molecule has 30 heavy (non-hydrogen) atoms. The molecule has 1 atom stereocenters. The van der Waals surface area contributed by atoms with Crippen LogP contribution in [0.5, 0.6) is 5.88 Å². The number of carbonyl (C=O) groups is 2. The molecule has 2 aromatic rings. The lowest BCUT2D eigenvalue weighted by Gasteiger charge is -2.32. The topological polar surface area (TPSA) is 80.8 Å². The van der Waals surface area contributed by atoms with Gasteiger partial charge in [0.05, 0.1) is 24.4 Å². The van der Waals surface area contributed by atoms with Crippen LogP contribution in [0.2, 0.25) is 0 Å². The fourth-order valence-electron chi connectivity index (χ4n) is 3.67. The number of piperidine rings is 1. The lowest BCUT2D eigenvalue weighted by molar-refractivity contribution is -0.121. The lowest BCUT2D eigenvalue weighted by Crippen LogP contribution is -2.43. The smallest absolute Gasteiger partial charge is 0.253 e. The molecular formula is C23H29N3O4. The summed E-state index contributed by atoms with van der Waals surface area (Å²) in [5.41, 5.74) is 3.41. The Labute approximate surface area is 177 Å². The van der Waals surface area contributed by atoms with Crippen LogP contribution in [0.4, 0.5) is 5.69 Å². The molecule has 2 amide bonds. The van der Waals surface area contributed by atoms with Gasteiger partial charge in [-0.2, -0.15) is 0 Å². The number of anilines is 1. The predicted molar refractivity (Wildman–Crippen MR) is 115 cm³/mol. The van der Waals surface area contributed by atoms with Gasteiger partial charge in [-0.15, -0.1) is 0 Å². The van der Waals surface area contributed by atoms with Gasteiger partial charge in [0.25, 0.3) is 5.91 Å². The standard InChI is InChI=1S/C23H29N3O4/c1-16-11-17(2)13-19(12-16)23(28)26-8-4-5-18(15-26)22(27)25-20-6-7-21(24-14-20)30-10-9-29-3/h6-7,11-14,18H,4-5,8-10,15H2,1-3H3,(H,25,27)/t18-/m0/s1. The summed E-state index contributed by atoms with van der Waals surface area (Å²) in [6.45, 7) is 5.96. The van der Waals surface area contributed by atoms with Crippen molar-refractivity contribution in [2.75, 3.05) is 38.7 Å². The minimum atomic E-state index is -0.244. The summed E-state index contributed by atoms with van der Waals surface area (Å²) in [6, 6.07) is 9.32. The minimum Gasteiger partial charge on any atom is -0.475 e. The SMILES string of the molecule is COCCOc1ccc(NC(=O)[C@H]2CCCN(C(=O)c3cc(C)cc(C)c3)C2)cn1. The Morgan fingerprint density at radius 2 is 1.93 bits per heavy atom. The third-order valence-corrected chi connectivity index (χ3v) is 5.09. The number of methoxy groups -OCH3 is 1. The van der Waals surface area contributed by atoms with Gasteiger partial charge in [0.15, 0.2) is 0 Å². The molecule has 7 heteroatoms. The maximum Gasteiger partial charge on any atom is 0.253 e. The lowest BCUT2D eigenvalue weighted by atomic mass is 9.96. The molecule has 160 valence electrons. The first-order chi connectivity index (χ1) is 14.5. The normalized spacial score (nSPS) is 16.2. The van der Waals surface area contributed by atoms with Crippen LogP contribution in [0.1, 0.15) is 34.3 Å². The van der Waals surface area contributed by atoms with E-state index in [1.807, 2.05) is 32.0 Å². The summed E-state index contributed by atoms with van der Waals surface area (Å²) in [6.07, 6.45) is 3.13. The molecule has 7 nitrogen and oxygen atoms in total. The first-order valence-corrected chi connectivity index (χ1v) is 10.2. The van der Waals surface area contributed by atoms with Gasteiger partial charge in [-0.3, -0.25) is 9.59 Å². The molecule has 0 aliphatic carbocycles. The number of aromatic nitrogens is 1. The maximum absolute atomic E-state index is 12.9. The second-order valence-electron chi connectivity index (χ2n) is 7.68. The Hall–Kier alpha value is -2.93. The summed E-state index contributed by atoms with van der Waals surface area (Å²) < 4.78 is 10.4. The summed E-state index contributed by atoms with van der Waals surface area (Å²) in [5.74, 6) is 0.125. The monoisotopic (exact) mass is 411 g/mol. The van der Waals surface area contributed by atoms with E-state index >= 15 is 0 Å². The van der Waals surface area contributed by atoms with E-state index in [1.54, 1.807) is 30.3 Å². The van der Waals surface area contributed by atoms with Crippen LogP contribution in [-0.4, -0.2) is 55.1 Å². The van der Waals surface area contributed by atoms with E-state index < -0.39 is 0 Å². The van der Waals surface area contributed by atoms with Gasteiger partial charge < -0.3 is 19.7 Å². The van der Waals surface area contributed by atoms with Crippen molar-refractivity contribution in [1.82, 2.24) is 9.88 Å². The number of nitrogens with one attached hydrogen (secondary N) is 1. The molecule has 0 saturated carbocycles. The number of pyridine rings is 1. The summed E-state index contributed by atoms with van der Waals surface area (Å²) in [7, 11) is 1.61. The van der Waals surface area contributed by atoms with Crippen molar-refractivity contribution in [2.24, 2.45) is 5.92 Å². The Balaban J connectivity index is 1.58. The number of nitrogens with zero attached hydrogens (tertiary/aromatic N) is 2. The average molecular weight is 412 g/mol. The number of likely N-dealkylation sites (tertiary alicyclic amines) is 1. The number of carbonyl (C=O) groups excluding carboxylic acids is 2. The highest BCUT2D eigenvalue weighted by molar-refractivity contribution is 5.96. The summed E-state index contributed by atoms with van der Waals surface area (Å²) in [5, 5.41) is 2.90. The van der Waals surface area contributed by atoms with Gasteiger partial charge >= 0.3 is 0 Å². The number of hydrogen-bond donors (Lipinski definition) is 1. The quantitative estimate of drug-likeness (QED) is 0.708. The van der Waals surface area contributed by atoms with Gasteiger partial charge in [0, 0.05) is 31.8 Å².